The maximum atomic E-state index is 5.60. The summed E-state index contributed by atoms with van der Waals surface area (Å²) in [4.78, 5) is 10.4. The summed E-state index contributed by atoms with van der Waals surface area (Å²) >= 11 is 1.94. The highest BCUT2D eigenvalue weighted by molar-refractivity contribution is 7.99. The lowest BCUT2D eigenvalue weighted by molar-refractivity contribution is 0.818. The summed E-state index contributed by atoms with van der Waals surface area (Å²) in [6, 6.07) is 1.57. The molecule has 0 spiro atoms. The Hall–Kier alpha value is -1.17. The topological polar surface area (TPSA) is 81.1 Å². The molecule has 0 unspecified atom stereocenters. The number of aromatic nitrogens is 2. The minimum absolute atomic E-state index is 0.436. The highest BCUT2D eigenvalue weighted by Crippen LogP contribution is 2.17. The van der Waals surface area contributed by atoms with Crippen molar-refractivity contribution in [1.82, 2.24) is 9.97 Å². The first kappa shape index (κ1) is 9.39. The van der Waals surface area contributed by atoms with E-state index in [9.17, 15) is 0 Å². The van der Waals surface area contributed by atoms with Gasteiger partial charge in [-0.3, -0.25) is 0 Å². The van der Waals surface area contributed by atoms with E-state index in [1.54, 1.807) is 6.07 Å². The monoisotopic (exact) mass is 211 g/mol. The van der Waals surface area contributed by atoms with Crippen LogP contribution in [0.1, 0.15) is 0 Å². The average Bonchev–Trinajstić information content (AvgIpc) is 2.18. The van der Waals surface area contributed by atoms with Crippen LogP contribution in [0.15, 0.2) is 6.07 Å². The van der Waals surface area contributed by atoms with Gasteiger partial charge in [0.15, 0.2) is 0 Å². The van der Waals surface area contributed by atoms with Crippen molar-refractivity contribution in [3.05, 3.63) is 6.07 Å². The molecule has 0 amide bonds. The zero-order valence-electron chi connectivity index (χ0n) is 7.81. The first-order valence-corrected chi connectivity index (χ1v) is 5.64. The SMILES string of the molecule is Nc1cc(N)nc(N2CCSCC2)n1. The highest BCUT2D eigenvalue weighted by atomic mass is 32.2. The molecule has 0 atom stereocenters. The Labute approximate surface area is 86.9 Å². The maximum Gasteiger partial charge on any atom is 0.229 e. The minimum Gasteiger partial charge on any atom is -0.383 e. The Balaban J connectivity index is 2.21. The second kappa shape index (κ2) is 3.91. The third kappa shape index (κ3) is 2.01. The minimum atomic E-state index is 0.436. The maximum absolute atomic E-state index is 5.60. The molecule has 1 aromatic rings. The van der Waals surface area contributed by atoms with E-state index in [-0.39, 0.29) is 0 Å². The van der Waals surface area contributed by atoms with Crippen molar-refractivity contribution in [2.45, 2.75) is 0 Å². The number of hydrogen-bond acceptors (Lipinski definition) is 6. The number of nitrogen functional groups attached to an aromatic ring is 2. The summed E-state index contributed by atoms with van der Waals surface area (Å²) in [6.07, 6.45) is 0. The third-order valence-electron chi connectivity index (χ3n) is 2.05. The van der Waals surface area contributed by atoms with Crippen molar-refractivity contribution in [1.29, 1.82) is 0 Å². The zero-order chi connectivity index (χ0) is 9.97. The zero-order valence-corrected chi connectivity index (χ0v) is 8.63. The summed E-state index contributed by atoms with van der Waals surface area (Å²) in [5.41, 5.74) is 11.2. The van der Waals surface area contributed by atoms with Crippen molar-refractivity contribution in [3.8, 4) is 0 Å². The number of anilines is 3. The standard InChI is InChI=1S/C8H13N5S/c9-6-5-7(10)12-8(11-6)13-1-3-14-4-2-13/h5H,1-4H2,(H4,9,10,11,12). The predicted octanol–water partition coefficient (Wildman–Crippen LogP) is 0.194. The molecule has 0 radical (unpaired) electrons. The molecular weight excluding hydrogens is 198 g/mol. The van der Waals surface area contributed by atoms with Crippen molar-refractivity contribution in [3.63, 3.8) is 0 Å². The van der Waals surface area contributed by atoms with Gasteiger partial charge in [-0.2, -0.15) is 21.7 Å². The molecule has 1 aliphatic rings. The smallest absolute Gasteiger partial charge is 0.229 e. The van der Waals surface area contributed by atoms with E-state index in [1.807, 2.05) is 11.8 Å². The Morgan fingerprint density at radius 2 is 1.71 bits per heavy atom. The van der Waals surface area contributed by atoms with Gasteiger partial charge in [0.05, 0.1) is 0 Å². The van der Waals surface area contributed by atoms with Gasteiger partial charge in [0, 0.05) is 30.7 Å². The largest absolute Gasteiger partial charge is 0.383 e. The highest BCUT2D eigenvalue weighted by Gasteiger charge is 2.14. The molecule has 4 N–H and O–H groups in total. The van der Waals surface area contributed by atoms with Crippen LogP contribution in [0.3, 0.4) is 0 Å². The second-order valence-electron chi connectivity index (χ2n) is 3.12. The van der Waals surface area contributed by atoms with E-state index in [0.29, 0.717) is 17.6 Å². The van der Waals surface area contributed by atoms with Crippen LogP contribution in [0.25, 0.3) is 0 Å². The molecule has 0 aromatic carbocycles. The van der Waals surface area contributed by atoms with Gasteiger partial charge in [0.1, 0.15) is 11.6 Å². The van der Waals surface area contributed by atoms with E-state index < -0.39 is 0 Å². The van der Waals surface area contributed by atoms with E-state index in [0.717, 1.165) is 24.6 Å². The van der Waals surface area contributed by atoms with Crippen LogP contribution in [0.4, 0.5) is 17.6 Å². The van der Waals surface area contributed by atoms with Gasteiger partial charge >= 0.3 is 0 Å². The van der Waals surface area contributed by atoms with E-state index >= 15 is 0 Å². The summed E-state index contributed by atoms with van der Waals surface area (Å²) in [7, 11) is 0. The number of hydrogen-bond donors (Lipinski definition) is 2. The summed E-state index contributed by atoms with van der Waals surface area (Å²) < 4.78 is 0. The molecule has 2 heterocycles. The fraction of sp³-hybridized carbons (Fsp3) is 0.500. The lowest BCUT2D eigenvalue weighted by atomic mass is 10.5. The molecule has 0 aliphatic carbocycles. The lowest BCUT2D eigenvalue weighted by Gasteiger charge is -2.26. The molecule has 0 saturated carbocycles. The lowest BCUT2D eigenvalue weighted by Crippen LogP contribution is -2.34. The fourth-order valence-corrected chi connectivity index (χ4v) is 2.28. The summed E-state index contributed by atoms with van der Waals surface area (Å²) in [5.74, 6) is 3.75. The summed E-state index contributed by atoms with van der Waals surface area (Å²) in [6.45, 7) is 1.93. The van der Waals surface area contributed by atoms with Crippen LogP contribution in [-0.2, 0) is 0 Å². The molecule has 1 aliphatic heterocycles. The molecule has 76 valence electrons. The molecule has 2 rings (SSSR count). The number of nitrogens with zero attached hydrogens (tertiary/aromatic N) is 3. The van der Waals surface area contributed by atoms with Crippen molar-refractivity contribution >= 4 is 29.3 Å². The Kier molecular flexibility index (Phi) is 2.62. The van der Waals surface area contributed by atoms with Crippen LogP contribution >= 0.6 is 11.8 Å². The number of nitrogens with two attached hydrogens (primary N) is 2. The van der Waals surface area contributed by atoms with Crippen LogP contribution in [0.5, 0.6) is 0 Å². The van der Waals surface area contributed by atoms with Crippen LogP contribution < -0.4 is 16.4 Å². The predicted molar refractivity (Wildman–Crippen MR) is 60.4 cm³/mol. The Bertz CT molecular complexity index is 303. The van der Waals surface area contributed by atoms with Crippen molar-refractivity contribution < 1.29 is 0 Å². The van der Waals surface area contributed by atoms with Gasteiger partial charge in [0.25, 0.3) is 0 Å². The van der Waals surface area contributed by atoms with Gasteiger partial charge in [-0.15, -0.1) is 0 Å². The molecule has 6 heteroatoms. The Morgan fingerprint density at radius 1 is 1.14 bits per heavy atom. The van der Waals surface area contributed by atoms with Gasteiger partial charge in [-0.25, -0.2) is 0 Å². The van der Waals surface area contributed by atoms with Crippen LogP contribution in [0, 0.1) is 0 Å². The average molecular weight is 211 g/mol. The van der Waals surface area contributed by atoms with Gasteiger partial charge in [0.2, 0.25) is 5.95 Å². The molecule has 5 nitrogen and oxygen atoms in total. The third-order valence-corrected chi connectivity index (χ3v) is 2.99. The van der Waals surface area contributed by atoms with Crippen LogP contribution in [0.2, 0.25) is 0 Å². The molecule has 1 saturated heterocycles. The van der Waals surface area contributed by atoms with E-state index in [1.165, 1.54) is 0 Å². The van der Waals surface area contributed by atoms with Gasteiger partial charge in [-0.05, 0) is 0 Å². The van der Waals surface area contributed by atoms with E-state index in [2.05, 4.69) is 14.9 Å². The Morgan fingerprint density at radius 3 is 2.29 bits per heavy atom. The molecule has 1 aromatic heterocycles. The second-order valence-corrected chi connectivity index (χ2v) is 4.34. The van der Waals surface area contributed by atoms with Crippen molar-refractivity contribution in [2.75, 3.05) is 41.0 Å². The molecule has 1 fully saturated rings. The normalized spacial score (nSPS) is 17.0. The first-order chi connectivity index (χ1) is 6.75. The number of rotatable bonds is 1. The first-order valence-electron chi connectivity index (χ1n) is 4.48. The molecule has 0 bridgehead atoms. The van der Waals surface area contributed by atoms with Gasteiger partial charge in [-0.1, -0.05) is 0 Å². The quantitative estimate of drug-likeness (QED) is 0.690. The van der Waals surface area contributed by atoms with Crippen molar-refractivity contribution in [2.24, 2.45) is 0 Å². The fourth-order valence-electron chi connectivity index (χ4n) is 1.38. The number of thioether (sulfide) groups is 1. The van der Waals surface area contributed by atoms with Gasteiger partial charge < -0.3 is 16.4 Å². The molecular formula is C8H13N5S. The van der Waals surface area contributed by atoms with E-state index in [4.69, 9.17) is 11.5 Å². The summed E-state index contributed by atoms with van der Waals surface area (Å²) in [5, 5.41) is 0. The van der Waals surface area contributed by atoms with Crippen LogP contribution in [-0.4, -0.2) is 34.6 Å². The molecule has 14 heavy (non-hydrogen) atoms.